The Morgan fingerprint density at radius 1 is 1.17 bits per heavy atom. The second-order valence-corrected chi connectivity index (χ2v) is 4.54. The van der Waals surface area contributed by atoms with Crippen LogP contribution in [0.4, 0.5) is 0 Å². The van der Waals surface area contributed by atoms with Gasteiger partial charge in [0.15, 0.2) is 5.75 Å². The highest BCUT2D eigenvalue weighted by molar-refractivity contribution is 9.11. The molecule has 0 saturated heterocycles. The molecule has 5 heteroatoms. The van der Waals surface area contributed by atoms with E-state index in [-0.39, 0.29) is 0 Å². The maximum atomic E-state index is 10.1. The predicted octanol–water partition coefficient (Wildman–Crippen LogP) is 3.51. The number of rotatable bonds is 2. The zero-order valence-corrected chi connectivity index (χ0v) is 10.4. The maximum absolute atomic E-state index is 10.1. The highest BCUT2D eigenvalue weighted by Gasteiger charge is 2.07. The molecule has 0 spiro atoms. The van der Waals surface area contributed by atoms with Gasteiger partial charge in [-0.15, -0.1) is 0 Å². The molecule has 64 valence electrons. The van der Waals surface area contributed by atoms with E-state index in [1.54, 1.807) is 12.1 Å². The van der Waals surface area contributed by atoms with Gasteiger partial charge in [-0.25, -0.2) is 0 Å². The SMILES string of the molecule is O=COc1c(Br)cc(Br)cc1Br. The summed E-state index contributed by atoms with van der Waals surface area (Å²) >= 11 is 9.80. The van der Waals surface area contributed by atoms with Crippen molar-refractivity contribution in [3.63, 3.8) is 0 Å². The predicted molar refractivity (Wildman–Crippen MR) is 56.2 cm³/mol. The van der Waals surface area contributed by atoms with Crippen molar-refractivity contribution < 1.29 is 9.53 Å². The van der Waals surface area contributed by atoms with Gasteiger partial charge in [-0.2, -0.15) is 0 Å². The van der Waals surface area contributed by atoms with E-state index < -0.39 is 0 Å². The van der Waals surface area contributed by atoms with E-state index in [0.29, 0.717) is 12.2 Å². The molecule has 0 atom stereocenters. The first-order valence-electron chi connectivity index (χ1n) is 2.90. The van der Waals surface area contributed by atoms with Gasteiger partial charge < -0.3 is 4.74 Å². The Kier molecular flexibility index (Phi) is 3.74. The molecule has 0 N–H and O–H groups in total. The summed E-state index contributed by atoms with van der Waals surface area (Å²) in [5.74, 6) is 0.480. The van der Waals surface area contributed by atoms with Gasteiger partial charge in [0.25, 0.3) is 6.47 Å². The average molecular weight is 359 g/mol. The van der Waals surface area contributed by atoms with Crippen LogP contribution in [0.25, 0.3) is 0 Å². The van der Waals surface area contributed by atoms with Crippen molar-refractivity contribution in [2.75, 3.05) is 0 Å². The first kappa shape index (κ1) is 10.2. The van der Waals surface area contributed by atoms with Crippen LogP contribution in [0.15, 0.2) is 25.6 Å². The lowest BCUT2D eigenvalue weighted by Gasteiger charge is -2.04. The lowest BCUT2D eigenvalue weighted by atomic mass is 10.3. The van der Waals surface area contributed by atoms with Crippen LogP contribution in [-0.4, -0.2) is 6.47 Å². The van der Waals surface area contributed by atoms with Crippen LogP contribution in [0, 0.1) is 0 Å². The molecule has 0 fully saturated rings. The third-order valence-corrected chi connectivity index (χ3v) is 2.76. The molecular formula is C7H3Br3O2. The molecule has 2 nitrogen and oxygen atoms in total. The largest absolute Gasteiger partial charge is 0.426 e. The molecule has 0 amide bonds. The lowest BCUT2D eigenvalue weighted by molar-refractivity contribution is -0.120. The molecule has 1 aromatic rings. The number of halogens is 3. The zero-order valence-electron chi connectivity index (χ0n) is 5.68. The normalized spacial score (nSPS) is 9.58. The van der Waals surface area contributed by atoms with Crippen molar-refractivity contribution in [3.05, 3.63) is 25.6 Å². The van der Waals surface area contributed by atoms with E-state index in [1.807, 2.05) is 0 Å². The summed E-state index contributed by atoms with van der Waals surface area (Å²) in [7, 11) is 0. The summed E-state index contributed by atoms with van der Waals surface area (Å²) in [5.41, 5.74) is 0. The van der Waals surface area contributed by atoms with Gasteiger partial charge in [0.2, 0.25) is 0 Å². The highest BCUT2D eigenvalue weighted by Crippen LogP contribution is 2.35. The number of ether oxygens (including phenoxy) is 1. The second kappa shape index (κ2) is 4.39. The fourth-order valence-corrected chi connectivity index (χ4v) is 3.14. The summed E-state index contributed by atoms with van der Waals surface area (Å²) in [5, 5.41) is 0. The minimum atomic E-state index is 0.388. The number of hydrogen-bond acceptors (Lipinski definition) is 2. The molecule has 1 aromatic carbocycles. The van der Waals surface area contributed by atoms with E-state index in [9.17, 15) is 4.79 Å². The Morgan fingerprint density at radius 2 is 1.67 bits per heavy atom. The Hall–Kier alpha value is 0.130. The van der Waals surface area contributed by atoms with Crippen molar-refractivity contribution in [2.24, 2.45) is 0 Å². The van der Waals surface area contributed by atoms with Crippen molar-refractivity contribution in [2.45, 2.75) is 0 Å². The van der Waals surface area contributed by atoms with Crippen LogP contribution < -0.4 is 4.74 Å². The van der Waals surface area contributed by atoms with Gasteiger partial charge >= 0.3 is 0 Å². The third-order valence-electron chi connectivity index (χ3n) is 1.13. The Labute approximate surface area is 94.7 Å². The van der Waals surface area contributed by atoms with Gasteiger partial charge in [0, 0.05) is 4.47 Å². The molecular weight excluding hydrogens is 356 g/mol. The molecule has 0 saturated carbocycles. The lowest BCUT2D eigenvalue weighted by Crippen LogP contribution is -1.90. The van der Waals surface area contributed by atoms with Crippen molar-refractivity contribution in [3.8, 4) is 5.75 Å². The van der Waals surface area contributed by atoms with E-state index in [0.717, 1.165) is 13.4 Å². The molecule has 0 aromatic heterocycles. The Balaban J connectivity index is 3.18. The van der Waals surface area contributed by atoms with Gasteiger partial charge in [-0.1, -0.05) is 15.9 Å². The smallest absolute Gasteiger partial charge is 0.298 e. The Morgan fingerprint density at radius 3 is 2.08 bits per heavy atom. The van der Waals surface area contributed by atoms with Crippen LogP contribution in [0.2, 0.25) is 0 Å². The quantitative estimate of drug-likeness (QED) is 0.756. The fraction of sp³-hybridized carbons (Fsp3) is 0. The summed E-state index contributed by atoms with van der Waals surface area (Å²) < 4.78 is 7.07. The zero-order chi connectivity index (χ0) is 9.14. The van der Waals surface area contributed by atoms with Gasteiger partial charge in [-0.05, 0) is 44.0 Å². The maximum Gasteiger partial charge on any atom is 0.298 e. The van der Waals surface area contributed by atoms with Crippen LogP contribution >= 0.6 is 47.8 Å². The number of carbonyl (C=O) groups is 1. The number of carbonyl (C=O) groups excluding carboxylic acids is 1. The van der Waals surface area contributed by atoms with Crippen molar-refractivity contribution in [1.29, 1.82) is 0 Å². The van der Waals surface area contributed by atoms with Gasteiger partial charge in [0.1, 0.15) is 0 Å². The standard InChI is InChI=1S/C7H3Br3O2/c8-4-1-5(9)7(12-3-11)6(10)2-4/h1-3H. The summed E-state index contributed by atoms with van der Waals surface area (Å²) in [6, 6.07) is 3.59. The minimum Gasteiger partial charge on any atom is -0.426 e. The summed E-state index contributed by atoms with van der Waals surface area (Å²) in [6.45, 7) is 0.388. The van der Waals surface area contributed by atoms with Gasteiger partial charge in [0.05, 0.1) is 8.95 Å². The average Bonchev–Trinajstić information content (AvgIpc) is 1.96. The molecule has 0 bridgehead atoms. The highest BCUT2D eigenvalue weighted by atomic mass is 79.9. The summed E-state index contributed by atoms with van der Waals surface area (Å²) in [6.07, 6.45) is 0. The Bertz CT molecular complexity index is 289. The van der Waals surface area contributed by atoms with Crippen LogP contribution in [-0.2, 0) is 4.79 Å². The van der Waals surface area contributed by atoms with Crippen LogP contribution in [0.3, 0.4) is 0 Å². The molecule has 0 heterocycles. The van der Waals surface area contributed by atoms with E-state index in [1.165, 1.54) is 0 Å². The van der Waals surface area contributed by atoms with Crippen molar-refractivity contribution >= 4 is 54.3 Å². The number of benzene rings is 1. The monoisotopic (exact) mass is 356 g/mol. The van der Waals surface area contributed by atoms with Crippen LogP contribution in [0.1, 0.15) is 0 Å². The first-order valence-corrected chi connectivity index (χ1v) is 5.28. The minimum absolute atomic E-state index is 0.388. The van der Waals surface area contributed by atoms with E-state index in [2.05, 4.69) is 47.8 Å². The summed E-state index contributed by atoms with van der Waals surface area (Å²) in [4.78, 5) is 10.1. The van der Waals surface area contributed by atoms with E-state index in [4.69, 9.17) is 4.74 Å². The first-order chi connectivity index (χ1) is 5.65. The van der Waals surface area contributed by atoms with Gasteiger partial charge in [-0.3, -0.25) is 4.79 Å². The molecule has 0 aliphatic heterocycles. The molecule has 0 aliphatic carbocycles. The third kappa shape index (κ3) is 2.31. The number of hydrogen-bond donors (Lipinski definition) is 0. The second-order valence-electron chi connectivity index (χ2n) is 1.91. The molecule has 0 unspecified atom stereocenters. The molecule has 0 radical (unpaired) electrons. The topological polar surface area (TPSA) is 26.3 Å². The van der Waals surface area contributed by atoms with E-state index >= 15 is 0 Å². The van der Waals surface area contributed by atoms with Crippen molar-refractivity contribution in [1.82, 2.24) is 0 Å². The molecule has 1 rings (SSSR count). The van der Waals surface area contributed by atoms with Crippen LogP contribution in [0.5, 0.6) is 5.75 Å². The fourth-order valence-electron chi connectivity index (χ4n) is 0.690. The molecule has 12 heavy (non-hydrogen) atoms. The molecule has 0 aliphatic rings.